The maximum absolute atomic E-state index is 12.5. The largest absolute Gasteiger partial charge is 0.497 e. The van der Waals surface area contributed by atoms with E-state index in [1.165, 1.54) is 49.9 Å². The van der Waals surface area contributed by atoms with Gasteiger partial charge >= 0.3 is 0 Å². The SMILES string of the molecule is COc1ccc2c(c1)C13CCCN(CC4CC4)C(C2)C1CCC(=O)C3. The molecule has 0 N–H and O–H groups in total. The van der Waals surface area contributed by atoms with E-state index in [4.69, 9.17) is 4.74 Å². The van der Waals surface area contributed by atoms with Crippen molar-refractivity contribution >= 4 is 5.78 Å². The van der Waals surface area contributed by atoms with Gasteiger partial charge in [-0.2, -0.15) is 0 Å². The molecule has 0 amide bonds. The Bertz CT molecular complexity index is 695. The van der Waals surface area contributed by atoms with Crippen LogP contribution >= 0.6 is 0 Å². The molecular weight excluding hydrogens is 310 g/mol. The zero-order valence-electron chi connectivity index (χ0n) is 15.3. The fourth-order valence-corrected chi connectivity index (χ4v) is 6.13. The molecule has 3 nitrogen and oxygen atoms in total. The van der Waals surface area contributed by atoms with Crippen LogP contribution in [0, 0.1) is 11.8 Å². The van der Waals surface area contributed by atoms with Crippen molar-refractivity contribution in [1.82, 2.24) is 4.90 Å². The molecule has 3 aliphatic carbocycles. The third-order valence-electron chi connectivity index (χ3n) is 7.43. The molecule has 0 spiro atoms. The van der Waals surface area contributed by atoms with Crippen molar-refractivity contribution < 1.29 is 9.53 Å². The number of Topliss-reactive ketones (excluding diaryl/α,β-unsaturated/α-hetero) is 1. The Morgan fingerprint density at radius 3 is 2.96 bits per heavy atom. The number of carbonyl (C=O) groups is 1. The Balaban J connectivity index is 1.61. The maximum Gasteiger partial charge on any atom is 0.133 e. The maximum atomic E-state index is 12.5. The van der Waals surface area contributed by atoms with Gasteiger partial charge in [0, 0.05) is 30.8 Å². The van der Waals surface area contributed by atoms with Crippen LogP contribution in [0.3, 0.4) is 0 Å². The molecule has 4 aliphatic rings. The van der Waals surface area contributed by atoms with Crippen LogP contribution in [0.2, 0.25) is 0 Å². The molecule has 1 aliphatic heterocycles. The molecule has 3 atom stereocenters. The molecule has 1 saturated heterocycles. The van der Waals surface area contributed by atoms with Crippen LogP contribution in [0.4, 0.5) is 0 Å². The second-order valence-corrected chi connectivity index (χ2v) is 8.85. The van der Waals surface area contributed by atoms with Crippen LogP contribution in [0.15, 0.2) is 18.2 Å². The molecule has 1 heterocycles. The highest BCUT2D eigenvalue weighted by molar-refractivity contribution is 5.81. The Morgan fingerprint density at radius 1 is 1.28 bits per heavy atom. The lowest BCUT2D eigenvalue weighted by Crippen LogP contribution is -2.54. The third kappa shape index (κ3) is 2.54. The second kappa shape index (κ2) is 5.84. The molecule has 5 rings (SSSR count). The molecule has 3 fully saturated rings. The smallest absolute Gasteiger partial charge is 0.133 e. The lowest BCUT2D eigenvalue weighted by atomic mass is 9.54. The van der Waals surface area contributed by atoms with Crippen molar-refractivity contribution in [3.05, 3.63) is 29.3 Å². The Morgan fingerprint density at radius 2 is 2.16 bits per heavy atom. The van der Waals surface area contributed by atoms with E-state index < -0.39 is 0 Å². The van der Waals surface area contributed by atoms with E-state index in [9.17, 15) is 4.79 Å². The van der Waals surface area contributed by atoms with Crippen molar-refractivity contribution in [2.45, 2.75) is 62.8 Å². The van der Waals surface area contributed by atoms with Gasteiger partial charge in [-0.1, -0.05) is 6.07 Å². The summed E-state index contributed by atoms with van der Waals surface area (Å²) < 4.78 is 5.54. The average molecular weight is 339 g/mol. The Labute approximate surface area is 150 Å². The number of carbonyl (C=O) groups excluding carboxylic acids is 1. The summed E-state index contributed by atoms with van der Waals surface area (Å²) in [6, 6.07) is 7.28. The van der Waals surface area contributed by atoms with E-state index in [0.29, 0.717) is 17.7 Å². The van der Waals surface area contributed by atoms with Crippen LogP contribution in [-0.2, 0) is 16.6 Å². The fourth-order valence-electron chi connectivity index (χ4n) is 6.13. The number of ether oxygens (including phenoxy) is 1. The van der Waals surface area contributed by atoms with E-state index in [1.807, 2.05) is 0 Å². The number of benzene rings is 1. The zero-order valence-corrected chi connectivity index (χ0v) is 15.3. The highest BCUT2D eigenvalue weighted by atomic mass is 16.5. The predicted octanol–water partition coefficient (Wildman–Crippen LogP) is 3.73. The van der Waals surface area contributed by atoms with Gasteiger partial charge < -0.3 is 4.74 Å². The zero-order chi connectivity index (χ0) is 17.0. The van der Waals surface area contributed by atoms with Gasteiger partial charge in [0.2, 0.25) is 0 Å². The minimum atomic E-state index is 0.0699. The van der Waals surface area contributed by atoms with Crippen molar-refractivity contribution in [2.24, 2.45) is 11.8 Å². The molecule has 1 aromatic carbocycles. The molecule has 3 unspecified atom stereocenters. The van der Waals surface area contributed by atoms with Crippen LogP contribution in [0.25, 0.3) is 0 Å². The van der Waals surface area contributed by atoms with Crippen LogP contribution in [-0.4, -0.2) is 36.9 Å². The highest BCUT2D eigenvalue weighted by Gasteiger charge is 2.54. The molecule has 134 valence electrons. The molecule has 2 saturated carbocycles. The van der Waals surface area contributed by atoms with Crippen LogP contribution in [0.5, 0.6) is 5.75 Å². The number of nitrogens with zero attached hydrogens (tertiary/aromatic N) is 1. The minimum Gasteiger partial charge on any atom is -0.497 e. The summed E-state index contributed by atoms with van der Waals surface area (Å²) in [4.78, 5) is 15.3. The first-order chi connectivity index (χ1) is 12.2. The van der Waals surface area contributed by atoms with Gasteiger partial charge in [0.1, 0.15) is 11.5 Å². The van der Waals surface area contributed by atoms with E-state index in [1.54, 1.807) is 7.11 Å². The van der Waals surface area contributed by atoms with E-state index >= 15 is 0 Å². The van der Waals surface area contributed by atoms with Gasteiger partial charge in [-0.25, -0.2) is 0 Å². The summed E-state index contributed by atoms with van der Waals surface area (Å²) in [5.41, 5.74) is 2.98. The van der Waals surface area contributed by atoms with Crippen molar-refractivity contribution in [2.75, 3.05) is 20.2 Å². The van der Waals surface area contributed by atoms with Gasteiger partial charge in [0.15, 0.2) is 0 Å². The number of hydrogen-bond donors (Lipinski definition) is 0. The second-order valence-electron chi connectivity index (χ2n) is 8.85. The average Bonchev–Trinajstić information content (AvgIpc) is 3.44. The van der Waals surface area contributed by atoms with E-state index in [-0.39, 0.29) is 5.41 Å². The van der Waals surface area contributed by atoms with E-state index in [0.717, 1.165) is 37.4 Å². The van der Waals surface area contributed by atoms with Gasteiger partial charge in [-0.05, 0) is 80.2 Å². The molecule has 3 heteroatoms. The topological polar surface area (TPSA) is 29.5 Å². The molecule has 25 heavy (non-hydrogen) atoms. The lowest BCUT2D eigenvalue weighted by molar-refractivity contribution is -0.124. The molecule has 1 aromatic rings. The standard InChI is InChI=1S/C22H29NO2/c1-25-18-7-5-16-11-21-19-8-6-17(24)13-22(19,20(16)12-18)9-2-10-23(21)14-15-3-4-15/h5,7,12,15,19,21H,2-4,6,8-11,13-14H2,1H3. The summed E-state index contributed by atoms with van der Waals surface area (Å²) in [5.74, 6) is 3.00. The first-order valence-corrected chi connectivity index (χ1v) is 10.1. The minimum absolute atomic E-state index is 0.0699. The fraction of sp³-hybridized carbons (Fsp3) is 0.682. The van der Waals surface area contributed by atoms with E-state index in [2.05, 4.69) is 23.1 Å². The van der Waals surface area contributed by atoms with Crippen molar-refractivity contribution in [3.63, 3.8) is 0 Å². The number of rotatable bonds is 3. The Kier molecular flexibility index (Phi) is 3.70. The Hall–Kier alpha value is -1.35. The molecule has 0 radical (unpaired) electrons. The highest BCUT2D eigenvalue weighted by Crippen LogP contribution is 2.55. The summed E-state index contributed by atoms with van der Waals surface area (Å²) in [6.45, 7) is 2.51. The quantitative estimate of drug-likeness (QED) is 0.840. The number of hydrogen-bond acceptors (Lipinski definition) is 3. The number of likely N-dealkylation sites (tertiary alicyclic amines) is 1. The third-order valence-corrected chi connectivity index (χ3v) is 7.43. The van der Waals surface area contributed by atoms with Gasteiger partial charge in [0.05, 0.1) is 7.11 Å². The predicted molar refractivity (Wildman–Crippen MR) is 98.0 cm³/mol. The monoisotopic (exact) mass is 339 g/mol. The van der Waals surface area contributed by atoms with Gasteiger partial charge in [-0.3, -0.25) is 9.69 Å². The van der Waals surface area contributed by atoms with Crippen molar-refractivity contribution in [3.8, 4) is 5.75 Å². The van der Waals surface area contributed by atoms with Crippen LogP contribution < -0.4 is 4.74 Å². The number of methoxy groups -OCH3 is 1. The van der Waals surface area contributed by atoms with Gasteiger partial charge in [-0.15, -0.1) is 0 Å². The summed E-state index contributed by atoms with van der Waals surface area (Å²) >= 11 is 0. The molecule has 2 bridgehead atoms. The summed E-state index contributed by atoms with van der Waals surface area (Å²) in [7, 11) is 1.75. The van der Waals surface area contributed by atoms with Gasteiger partial charge in [0.25, 0.3) is 0 Å². The first-order valence-electron chi connectivity index (χ1n) is 10.1. The molecular formula is C22H29NO2. The van der Waals surface area contributed by atoms with Crippen LogP contribution in [0.1, 0.15) is 56.1 Å². The first kappa shape index (κ1) is 15.9. The number of ketones is 1. The lowest BCUT2D eigenvalue weighted by Gasteiger charge is -2.52. The summed E-state index contributed by atoms with van der Waals surface area (Å²) in [6.07, 6.45) is 9.03. The summed E-state index contributed by atoms with van der Waals surface area (Å²) in [5, 5.41) is 0. The normalized spacial score (nSPS) is 34.8. The number of fused-ring (bicyclic) bond motifs is 1. The molecule has 0 aromatic heterocycles. The van der Waals surface area contributed by atoms with Crippen molar-refractivity contribution in [1.29, 1.82) is 0 Å².